The zero-order chi connectivity index (χ0) is 27.6. The van der Waals surface area contributed by atoms with E-state index in [1.165, 1.54) is 5.69 Å². The first-order valence-electron chi connectivity index (χ1n) is 13.6. The molecule has 3 aromatic carbocycles. The average Bonchev–Trinajstić information content (AvgIpc) is 2.98. The van der Waals surface area contributed by atoms with E-state index >= 15 is 0 Å². The average molecular weight is 551 g/mol. The van der Waals surface area contributed by atoms with E-state index in [9.17, 15) is 4.79 Å². The molecule has 6 rings (SSSR count). The van der Waals surface area contributed by atoms with Crippen molar-refractivity contribution in [1.29, 1.82) is 0 Å². The molecule has 202 valence electrons. The number of rotatable bonds is 6. The molecule has 0 unspecified atom stereocenters. The molecule has 0 amide bonds. The monoisotopic (exact) mass is 550 g/mol. The molecule has 1 aliphatic heterocycles. The first-order chi connectivity index (χ1) is 19.5. The van der Waals surface area contributed by atoms with Crippen LogP contribution in [0, 0.1) is 0 Å². The minimum atomic E-state index is -0.134. The fourth-order valence-corrected chi connectivity index (χ4v) is 5.48. The Morgan fingerprint density at radius 2 is 1.62 bits per heavy atom. The van der Waals surface area contributed by atoms with Gasteiger partial charge in [0.05, 0.1) is 0 Å². The molecule has 0 saturated carbocycles. The third-order valence-electron chi connectivity index (χ3n) is 7.50. The van der Waals surface area contributed by atoms with Gasteiger partial charge in [0.25, 0.3) is 5.56 Å². The summed E-state index contributed by atoms with van der Waals surface area (Å²) in [5.41, 5.74) is 5.85. The van der Waals surface area contributed by atoms with Crippen LogP contribution in [-0.2, 0) is 6.54 Å². The van der Waals surface area contributed by atoms with E-state index in [0.717, 1.165) is 48.4 Å². The van der Waals surface area contributed by atoms with Crippen molar-refractivity contribution in [2.24, 2.45) is 0 Å². The number of piperazine rings is 1. The first kappa shape index (κ1) is 26.0. The molecule has 0 radical (unpaired) electrons. The Hall–Kier alpha value is -4.20. The summed E-state index contributed by atoms with van der Waals surface area (Å²) < 4.78 is 1.68. The number of fused-ring (bicyclic) bond motifs is 1. The highest BCUT2D eigenvalue weighted by Crippen LogP contribution is 2.32. The number of nitrogens with zero attached hydrogens (tertiary/aromatic N) is 5. The van der Waals surface area contributed by atoms with E-state index in [-0.39, 0.29) is 5.56 Å². The molecule has 1 fully saturated rings. The van der Waals surface area contributed by atoms with Crippen LogP contribution in [0.3, 0.4) is 0 Å². The van der Waals surface area contributed by atoms with Crippen molar-refractivity contribution in [3.8, 4) is 22.3 Å². The van der Waals surface area contributed by atoms with Gasteiger partial charge in [-0.3, -0.25) is 9.36 Å². The van der Waals surface area contributed by atoms with Gasteiger partial charge in [0.1, 0.15) is 5.65 Å². The highest BCUT2D eigenvalue weighted by Gasteiger charge is 2.16. The minimum Gasteiger partial charge on any atom is -0.369 e. The van der Waals surface area contributed by atoms with Crippen molar-refractivity contribution in [2.45, 2.75) is 13.5 Å². The SMILES string of the molecule is CCn1c(=O)c(-c2ccc(-c3ccccc3)cc2Cl)cc2cnc(Nc3ccc(N4CCN(C)CC4)cc3)nc21. The first-order valence-corrected chi connectivity index (χ1v) is 13.9. The lowest BCUT2D eigenvalue weighted by Crippen LogP contribution is -2.44. The molecule has 8 heteroatoms. The molecule has 0 aliphatic carbocycles. The van der Waals surface area contributed by atoms with E-state index in [1.54, 1.807) is 10.8 Å². The molecule has 1 saturated heterocycles. The standard InChI is InChI=1S/C32H31ClN6O/c1-3-39-30-24(19-28(31(39)40)27-14-9-23(20-29(27)33)22-7-5-4-6-8-22)21-34-32(36-30)35-25-10-12-26(13-11-25)38-17-15-37(2)16-18-38/h4-14,19-21H,3,15-18H2,1-2H3,(H,34,35,36). The summed E-state index contributed by atoms with van der Waals surface area (Å²) in [4.78, 5) is 27.6. The van der Waals surface area contributed by atoms with Crippen LogP contribution in [0.25, 0.3) is 33.3 Å². The van der Waals surface area contributed by atoms with E-state index in [0.29, 0.717) is 34.3 Å². The van der Waals surface area contributed by atoms with Crippen molar-refractivity contribution in [2.75, 3.05) is 43.4 Å². The number of likely N-dealkylation sites (N-methyl/N-ethyl adjacent to an activating group) is 1. The van der Waals surface area contributed by atoms with E-state index in [2.05, 4.69) is 39.3 Å². The second kappa shape index (κ2) is 11.1. The molecule has 0 spiro atoms. The van der Waals surface area contributed by atoms with Gasteiger partial charge >= 0.3 is 0 Å². The van der Waals surface area contributed by atoms with Crippen molar-refractivity contribution in [3.05, 3.63) is 100 Å². The van der Waals surface area contributed by atoms with E-state index in [4.69, 9.17) is 16.6 Å². The molecule has 3 heterocycles. The predicted octanol–water partition coefficient (Wildman–Crippen LogP) is 6.29. The lowest BCUT2D eigenvalue weighted by molar-refractivity contribution is 0.313. The van der Waals surface area contributed by atoms with Gasteiger partial charge in [0.2, 0.25) is 5.95 Å². The van der Waals surface area contributed by atoms with Crippen LogP contribution >= 0.6 is 11.6 Å². The smallest absolute Gasteiger partial charge is 0.260 e. The molecular weight excluding hydrogens is 520 g/mol. The van der Waals surface area contributed by atoms with Gasteiger partial charge in [-0.2, -0.15) is 4.98 Å². The highest BCUT2D eigenvalue weighted by molar-refractivity contribution is 6.33. The van der Waals surface area contributed by atoms with E-state index < -0.39 is 0 Å². The molecule has 1 aliphatic rings. The lowest BCUT2D eigenvalue weighted by Gasteiger charge is -2.34. The molecule has 40 heavy (non-hydrogen) atoms. The topological polar surface area (TPSA) is 66.3 Å². The number of aromatic nitrogens is 3. The van der Waals surface area contributed by atoms with Crippen molar-refractivity contribution in [1.82, 2.24) is 19.4 Å². The summed E-state index contributed by atoms with van der Waals surface area (Å²) in [6.45, 7) is 6.59. The van der Waals surface area contributed by atoms with Gasteiger partial charge in [0, 0.05) is 71.8 Å². The third kappa shape index (κ3) is 5.18. The number of anilines is 3. The number of hydrogen-bond donors (Lipinski definition) is 1. The molecular formula is C32H31ClN6O. The second-order valence-electron chi connectivity index (χ2n) is 10.1. The summed E-state index contributed by atoms with van der Waals surface area (Å²) in [6.07, 6.45) is 1.75. The Morgan fingerprint density at radius 3 is 2.33 bits per heavy atom. The lowest BCUT2D eigenvalue weighted by atomic mass is 10.0. The van der Waals surface area contributed by atoms with Crippen molar-refractivity contribution >= 4 is 40.0 Å². The Bertz CT molecular complexity index is 1710. The minimum absolute atomic E-state index is 0.134. The molecule has 0 atom stereocenters. The predicted molar refractivity (Wildman–Crippen MR) is 165 cm³/mol. The van der Waals surface area contributed by atoms with Gasteiger partial charge in [-0.15, -0.1) is 0 Å². The number of hydrogen-bond acceptors (Lipinski definition) is 6. The van der Waals surface area contributed by atoms with Gasteiger partial charge in [-0.1, -0.05) is 54.1 Å². The summed E-state index contributed by atoms with van der Waals surface area (Å²) in [7, 11) is 2.16. The number of aryl methyl sites for hydroxylation is 1. The van der Waals surface area contributed by atoms with Crippen molar-refractivity contribution in [3.63, 3.8) is 0 Å². The third-order valence-corrected chi connectivity index (χ3v) is 7.81. The van der Waals surface area contributed by atoms with Gasteiger partial charge in [0.15, 0.2) is 0 Å². The van der Waals surface area contributed by atoms with E-state index in [1.807, 2.05) is 73.7 Å². The summed E-state index contributed by atoms with van der Waals surface area (Å²) in [5, 5.41) is 4.60. The van der Waals surface area contributed by atoms with Crippen LogP contribution in [0.1, 0.15) is 6.92 Å². The van der Waals surface area contributed by atoms with Crippen LogP contribution in [0.2, 0.25) is 5.02 Å². The van der Waals surface area contributed by atoms with Gasteiger partial charge in [-0.05, 0) is 61.5 Å². The summed E-state index contributed by atoms with van der Waals surface area (Å²) in [5.74, 6) is 0.444. The number of pyridine rings is 1. The molecule has 2 aromatic heterocycles. The quantitative estimate of drug-likeness (QED) is 0.268. The number of nitrogens with one attached hydrogen (secondary N) is 1. The molecule has 1 N–H and O–H groups in total. The summed E-state index contributed by atoms with van der Waals surface area (Å²) >= 11 is 6.72. The maximum Gasteiger partial charge on any atom is 0.260 e. The Balaban J connectivity index is 1.28. The maximum absolute atomic E-state index is 13.6. The largest absolute Gasteiger partial charge is 0.369 e. The van der Waals surface area contributed by atoms with Crippen LogP contribution in [0.5, 0.6) is 0 Å². The zero-order valence-electron chi connectivity index (χ0n) is 22.6. The van der Waals surface area contributed by atoms with Gasteiger partial charge < -0.3 is 15.1 Å². The second-order valence-corrected chi connectivity index (χ2v) is 10.5. The normalized spacial score (nSPS) is 14.0. The Morgan fingerprint density at radius 1 is 0.875 bits per heavy atom. The highest BCUT2D eigenvalue weighted by atomic mass is 35.5. The number of benzene rings is 3. The molecule has 5 aromatic rings. The molecule has 7 nitrogen and oxygen atoms in total. The molecule has 0 bridgehead atoms. The van der Waals surface area contributed by atoms with Crippen LogP contribution in [0.4, 0.5) is 17.3 Å². The van der Waals surface area contributed by atoms with Crippen LogP contribution < -0.4 is 15.8 Å². The van der Waals surface area contributed by atoms with Gasteiger partial charge in [-0.25, -0.2) is 4.98 Å². The maximum atomic E-state index is 13.6. The van der Waals surface area contributed by atoms with Crippen molar-refractivity contribution < 1.29 is 0 Å². The fraction of sp³-hybridized carbons (Fsp3) is 0.219. The Labute approximate surface area is 238 Å². The number of halogens is 1. The Kier molecular flexibility index (Phi) is 7.24. The van der Waals surface area contributed by atoms with Crippen LogP contribution in [-0.4, -0.2) is 52.7 Å². The fourth-order valence-electron chi connectivity index (χ4n) is 5.20. The zero-order valence-corrected chi connectivity index (χ0v) is 23.4. The summed E-state index contributed by atoms with van der Waals surface area (Å²) in [6, 6.07) is 26.0. The van der Waals surface area contributed by atoms with Crippen LogP contribution in [0.15, 0.2) is 89.9 Å².